The van der Waals surface area contributed by atoms with Crippen LogP contribution in [0.25, 0.3) is 33.4 Å². The third-order valence-corrected chi connectivity index (χ3v) is 5.63. The number of aromatic nitrogens is 5. The molecule has 0 aliphatic rings. The van der Waals surface area contributed by atoms with Gasteiger partial charge in [-0.3, -0.25) is 10.0 Å². The second kappa shape index (κ2) is 10.3. The fourth-order valence-electron chi connectivity index (χ4n) is 3.97. The number of hydroxylamine groups is 1. The highest BCUT2D eigenvalue weighted by molar-refractivity contribution is 5.99. The van der Waals surface area contributed by atoms with Crippen LogP contribution in [0, 0.1) is 0 Å². The predicted molar refractivity (Wildman–Crippen MR) is 124 cm³/mol. The fourth-order valence-corrected chi connectivity index (χ4v) is 3.97. The number of carbonyl (C=O) groups excluding carboxylic acids is 1. The van der Waals surface area contributed by atoms with Crippen LogP contribution >= 0.6 is 0 Å². The van der Waals surface area contributed by atoms with Crippen LogP contribution in [-0.4, -0.2) is 35.8 Å². The van der Waals surface area contributed by atoms with Gasteiger partial charge >= 0.3 is 0 Å². The average molecular weight is 453 g/mol. The van der Waals surface area contributed by atoms with Crippen molar-refractivity contribution in [2.24, 2.45) is 0 Å². The Kier molecular flexibility index (Phi) is 6.98. The van der Waals surface area contributed by atoms with Crippen molar-refractivity contribution >= 4 is 39.9 Å². The van der Waals surface area contributed by atoms with Crippen LogP contribution in [-0.2, 0) is 11.3 Å². The summed E-state index contributed by atoms with van der Waals surface area (Å²) in [6, 6.07) is 5.71. The van der Waals surface area contributed by atoms with Crippen molar-refractivity contribution in [3.8, 4) is 11.3 Å². The molecule has 0 aliphatic heterocycles. The first-order valence-corrected chi connectivity index (χ1v) is 11.1. The Morgan fingerprint density at radius 1 is 1.06 bits per heavy atom. The number of oxazole rings is 1. The second-order valence-electron chi connectivity index (χ2n) is 8.02. The summed E-state index contributed by atoms with van der Waals surface area (Å²) in [7, 11) is 0. The highest BCUT2D eigenvalue weighted by Gasteiger charge is 2.18. The van der Waals surface area contributed by atoms with Crippen LogP contribution in [0.1, 0.15) is 51.4 Å². The molecular formula is C22H28N8O3. The Balaban J connectivity index is 1.38. The summed E-state index contributed by atoms with van der Waals surface area (Å²) in [5, 5.41) is 14.0. The van der Waals surface area contributed by atoms with E-state index in [2.05, 4.69) is 15.0 Å². The van der Waals surface area contributed by atoms with Gasteiger partial charge in [-0.25, -0.2) is 20.1 Å². The number of nitrogens with one attached hydrogen (secondary N) is 1. The molecule has 0 bridgehead atoms. The van der Waals surface area contributed by atoms with Gasteiger partial charge in [0, 0.05) is 18.5 Å². The maximum absolute atomic E-state index is 11.0. The Labute approximate surface area is 190 Å². The van der Waals surface area contributed by atoms with Gasteiger partial charge in [-0.1, -0.05) is 32.1 Å². The number of nitrogens with two attached hydrogens (primary N) is 2. The normalized spacial score (nSPS) is 11.4. The first-order valence-electron chi connectivity index (χ1n) is 11.1. The van der Waals surface area contributed by atoms with E-state index in [4.69, 9.17) is 26.2 Å². The Bertz CT molecular complexity index is 1250. The van der Waals surface area contributed by atoms with Crippen molar-refractivity contribution in [2.75, 3.05) is 11.5 Å². The molecule has 0 saturated carbocycles. The number of fused-ring (bicyclic) bond motifs is 2. The minimum atomic E-state index is -0.324. The van der Waals surface area contributed by atoms with E-state index in [1.54, 1.807) is 5.48 Å². The van der Waals surface area contributed by atoms with Crippen LogP contribution in [0.3, 0.4) is 0 Å². The number of nitrogens with zero attached hydrogens (tertiary/aromatic N) is 5. The molecule has 11 nitrogen and oxygen atoms in total. The largest absolute Gasteiger partial charge is 0.424 e. The smallest absolute Gasteiger partial charge is 0.292 e. The molecule has 0 unspecified atom stereocenters. The summed E-state index contributed by atoms with van der Waals surface area (Å²) in [6.07, 6.45) is 8.93. The van der Waals surface area contributed by atoms with Crippen LogP contribution in [0.15, 0.2) is 28.9 Å². The number of rotatable bonds is 11. The monoisotopic (exact) mass is 452 g/mol. The van der Waals surface area contributed by atoms with Crippen molar-refractivity contribution in [2.45, 2.75) is 57.9 Å². The number of anilines is 2. The average Bonchev–Trinajstić information content (AvgIpc) is 3.37. The van der Waals surface area contributed by atoms with Crippen molar-refractivity contribution in [3.05, 3.63) is 24.5 Å². The first-order chi connectivity index (χ1) is 16.1. The van der Waals surface area contributed by atoms with Crippen molar-refractivity contribution in [3.63, 3.8) is 0 Å². The fraction of sp³-hybridized carbons (Fsp3) is 0.409. The van der Waals surface area contributed by atoms with E-state index in [0.29, 0.717) is 34.7 Å². The van der Waals surface area contributed by atoms with Gasteiger partial charge in [0.05, 0.1) is 5.39 Å². The van der Waals surface area contributed by atoms with Crippen LogP contribution < -0.4 is 16.9 Å². The lowest BCUT2D eigenvalue weighted by atomic mass is 10.1. The molecule has 0 fully saturated rings. The number of nitrogen functional groups attached to an aromatic ring is 2. The number of hydrogen-bond donors (Lipinski definition) is 4. The number of amides is 1. The SMILES string of the molecule is Nc1nc2cc(-c3nn(CCCCCCCCCC(=O)NO)c4ncnc(N)c34)ccc2o1. The molecular weight excluding hydrogens is 424 g/mol. The minimum Gasteiger partial charge on any atom is -0.424 e. The summed E-state index contributed by atoms with van der Waals surface area (Å²) < 4.78 is 7.25. The van der Waals surface area contributed by atoms with Gasteiger partial charge in [0.2, 0.25) is 5.91 Å². The Morgan fingerprint density at radius 3 is 2.61 bits per heavy atom. The van der Waals surface area contributed by atoms with E-state index in [9.17, 15) is 4.79 Å². The maximum atomic E-state index is 11.0. The lowest BCUT2D eigenvalue weighted by Gasteiger charge is -2.04. The molecule has 0 atom stereocenters. The molecule has 4 aromatic rings. The molecule has 0 saturated heterocycles. The molecule has 0 radical (unpaired) electrons. The van der Waals surface area contributed by atoms with E-state index >= 15 is 0 Å². The van der Waals surface area contributed by atoms with Gasteiger partial charge in [0.15, 0.2) is 11.2 Å². The Hall–Kier alpha value is -3.73. The molecule has 3 heterocycles. The molecule has 1 amide bonds. The molecule has 11 heteroatoms. The van der Waals surface area contributed by atoms with Gasteiger partial charge < -0.3 is 15.9 Å². The van der Waals surface area contributed by atoms with Crippen LogP contribution in [0.5, 0.6) is 0 Å². The molecule has 0 aliphatic carbocycles. The molecule has 4 rings (SSSR count). The van der Waals surface area contributed by atoms with Gasteiger partial charge in [0.25, 0.3) is 6.01 Å². The topological polar surface area (TPSA) is 171 Å². The highest BCUT2D eigenvalue weighted by atomic mass is 16.5. The third kappa shape index (κ3) is 5.20. The van der Waals surface area contributed by atoms with E-state index in [-0.39, 0.29) is 11.9 Å². The Morgan fingerprint density at radius 2 is 1.82 bits per heavy atom. The summed E-state index contributed by atoms with van der Waals surface area (Å²) >= 11 is 0. The lowest BCUT2D eigenvalue weighted by molar-refractivity contribution is -0.129. The highest BCUT2D eigenvalue weighted by Crippen LogP contribution is 2.32. The standard InChI is InChI=1S/C22H28N8O3/c23-20-18-19(14-9-10-16-15(12-14)27-22(24)33-16)28-30(21(18)26-13-25-20)11-7-5-3-1-2-4-6-8-17(31)29-32/h9-10,12-13,32H,1-8,11H2,(H2,24,27)(H,29,31)(H2,23,25,26). The lowest BCUT2D eigenvalue weighted by Crippen LogP contribution is -2.17. The predicted octanol–water partition coefficient (Wildman–Crippen LogP) is 3.43. The van der Waals surface area contributed by atoms with Crippen molar-refractivity contribution in [1.82, 2.24) is 30.2 Å². The molecule has 1 aromatic carbocycles. The third-order valence-electron chi connectivity index (χ3n) is 5.63. The number of unbranched alkanes of at least 4 members (excludes halogenated alkanes) is 6. The van der Waals surface area contributed by atoms with Gasteiger partial charge in [-0.2, -0.15) is 10.1 Å². The van der Waals surface area contributed by atoms with E-state index < -0.39 is 0 Å². The number of aryl methyl sites for hydroxylation is 1. The summed E-state index contributed by atoms with van der Waals surface area (Å²) in [5.74, 6) is 0.0613. The zero-order valence-corrected chi connectivity index (χ0v) is 18.3. The molecule has 0 spiro atoms. The van der Waals surface area contributed by atoms with Gasteiger partial charge in [-0.15, -0.1) is 0 Å². The van der Waals surface area contributed by atoms with Gasteiger partial charge in [0.1, 0.15) is 23.4 Å². The second-order valence-corrected chi connectivity index (χ2v) is 8.02. The molecule has 33 heavy (non-hydrogen) atoms. The zero-order chi connectivity index (χ0) is 23.2. The van der Waals surface area contributed by atoms with E-state index in [1.807, 2.05) is 22.9 Å². The first kappa shape index (κ1) is 22.5. The van der Waals surface area contributed by atoms with Crippen molar-refractivity contribution < 1.29 is 14.4 Å². The van der Waals surface area contributed by atoms with Crippen molar-refractivity contribution in [1.29, 1.82) is 0 Å². The van der Waals surface area contributed by atoms with Crippen LogP contribution in [0.4, 0.5) is 11.8 Å². The molecule has 6 N–H and O–H groups in total. The number of hydrogen-bond acceptors (Lipinski definition) is 9. The quantitative estimate of drug-likeness (QED) is 0.151. The molecule has 3 aromatic heterocycles. The number of benzene rings is 1. The minimum absolute atomic E-state index is 0.121. The summed E-state index contributed by atoms with van der Waals surface area (Å²) in [4.78, 5) is 23.8. The van der Waals surface area contributed by atoms with E-state index in [0.717, 1.165) is 62.4 Å². The molecule has 174 valence electrons. The van der Waals surface area contributed by atoms with Crippen LogP contribution in [0.2, 0.25) is 0 Å². The van der Waals surface area contributed by atoms with Gasteiger partial charge in [-0.05, 0) is 31.0 Å². The van der Waals surface area contributed by atoms with E-state index in [1.165, 1.54) is 6.33 Å². The zero-order valence-electron chi connectivity index (χ0n) is 18.3. The summed E-state index contributed by atoms with van der Waals surface area (Å²) in [6.45, 7) is 0.725. The maximum Gasteiger partial charge on any atom is 0.292 e. The number of carbonyl (C=O) groups is 1. The summed E-state index contributed by atoms with van der Waals surface area (Å²) in [5.41, 5.74) is 17.0.